The van der Waals surface area contributed by atoms with E-state index in [1.807, 2.05) is 19.1 Å². The molecule has 0 aliphatic heterocycles. The highest BCUT2D eigenvalue weighted by atomic mass is 79.9. The summed E-state index contributed by atoms with van der Waals surface area (Å²) in [6, 6.07) is 7.18. The standard InChI is InChI=1S/C13H14BrN3O/c1-2-11(12-15-7-8-16-12)17-13(18)9-3-5-10(14)6-4-9/h3-8,11H,2H2,1H3,(H,15,16)(H,17,18). The van der Waals surface area contributed by atoms with Crippen molar-refractivity contribution in [1.29, 1.82) is 0 Å². The van der Waals surface area contributed by atoms with Gasteiger partial charge in [0.05, 0.1) is 6.04 Å². The number of aromatic nitrogens is 2. The SMILES string of the molecule is CCC(NC(=O)c1ccc(Br)cc1)c1ncc[nH]1. The largest absolute Gasteiger partial charge is 0.347 e. The Labute approximate surface area is 114 Å². The summed E-state index contributed by atoms with van der Waals surface area (Å²) in [6.45, 7) is 2.01. The number of aromatic amines is 1. The van der Waals surface area contributed by atoms with Gasteiger partial charge in [0.25, 0.3) is 5.91 Å². The van der Waals surface area contributed by atoms with Crippen LogP contribution in [0.15, 0.2) is 41.1 Å². The number of nitrogens with zero attached hydrogens (tertiary/aromatic N) is 1. The number of carbonyl (C=O) groups is 1. The average molecular weight is 308 g/mol. The third kappa shape index (κ3) is 2.98. The van der Waals surface area contributed by atoms with E-state index in [2.05, 4.69) is 31.2 Å². The topological polar surface area (TPSA) is 57.8 Å². The van der Waals surface area contributed by atoms with Crippen LogP contribution < -0.4 is 5.32 Å². The molecule has 1 aromatic carbocycles. The first-order valence-corrected chi connectivity index (χ1v) is 6.55. The molecule has 0 saturated heterocycles. The first kappa shape index (κ1) is 12.8. The van der Waals surface area contributed by atoms with Gasteiger partial charge in [-0.2, -0.15) is 0 Å². The number of carbonyl (C=O) groups excluding carboxylic acids is 1. The van der Waals surface area contributed by atoms with E-state index in [9.17, 15) is 4.79 Å². The van der Waals surface area contributed by atoms with Gasteiger partial charge in [0.2, 0.25) is 0 Å². The molecule has 0 bridgehead atoms. The van der Waals surface area contributed by atoms with Crippen LogP contribution in [-0.4, -0.2) is 15.9 Å². The number of hydrogen-bond acceptors (Lipinski definition) is 2. The van der Waals surface area contributed by atoms with E-state index in [0.717, 1.165) is 16.7 Å². The maximum absolute atomic E-state index is 12.1. The van der Waals surface area contributed by atoms with Crippen LogP contribution in [0, 0.1) is 0 Å². The zero-order valence-electron chi connectivity index (χ0n) is 9.98. The molecule has 2 N–H and O–H groups in total. The maximum atomic E-state index is 12.1. The monoisotopic (exact) mass is 307 g/mol. The molecule has 0 aliphatic rings. The van der Waals surface area contributed by atoms with Crippen LogP contribution in [0.4, 0.5) is 0 Å². The van der Waals surface area contributed by atoms with Crippen LogP contribution >= 0.6 is 15.9 Å². The molecule has 1 amide bonds. The number of amides is 1. The molecule has 1 atom stereocenters. The Hall–Kier alpha value is -1.62. The molecule has 0 radical (unpaired) electrons. The van der Waals surface area contributed by atoms with Gasteiger partial charge in [0.15, 0.2) is 0 Å². The van der Waals surface area contributed by atoms with Gasteiger partial charge >= 0.3 is 0 Å². The molecule has 5 heteroatoms. The fourth-order valence-electron chi connectivity index (χ4n) is 1.67. The molecule has 1 heterocycles. The highest BCUT2D eigenvalue weighted by Crippen LogP contribution is 2.14. The van der Waals surface area contributed by atoms with Crippen molar-refractivity contribution in [2.45, 2.75) is 19.4 Å². The number of H-pyrrole nitrogens is 1. The van der Waals surface area contributed by atoms with Gasteiger partial charge in [-0.3, -0.25) is 4.79 Å². The summed E-state index contributed by atoms with van der Waals surface area (Å²) in [5.74, 6) is 0.689. The quantitative estimate of drug-likeness (QED) is 0.912. The Kier molecular flexibility index (Phi) is 4.15. The van der Waals surface area contributed by atoms with Crippen molar-refractivity contribution in [1.82, 2.24) is 15.3 Å². The Morgan fingerprint density at radius 2 is 2.17 bits per heavy atom. The number of nitrogens with one attached hydrogen (secondary N) is 2. The molecule has 4 nitrogen and oxygen atoms in total. The van der Waals surface area contributed by atoms with Crippen LogP contribution in [0.2, 0.25) is 0 Å². The average Bonchev–Trinajstić information content (AvgIpc) is 2.90. The summed E-state index contributed by atoms with van der Waals surface area (Å²) < 4.78 is 0.956. The molecule has 2 rings (SSSR count). The lowest BCUT2D eigenvalue weighted by Gasteiger charge is -2.14. The van der Waals surface area contributed by atoms with E-state index in [4.69, 9.17) is 0 Å². The van der Waals surface area contributed by atoms with Crippen molar-refractivity contribution in [2.24, 2.45) is 0 Å². The molecule has 0 saturated carbocycles. The predicted molar refractivity (Wildman–Crippen MR) is 73.2 cm³/mol. The van der Waals surface area contributed by atoms with Crippen LogP contribution in [0.25, 0.3) is 0 Å². The summed E-state index contributed by atoms with van der Waals surface area (Å²) in [6.07, 6.45) is 4.23. The normalized spacial score (nSPS) is 12.1. The number of rotatable bonds is 4. The summed E-state index contributed by atoms with van der Waals surface area (Å²) in [7, 11) is 0. The van der Waals surface area contributed by atoms with Crippen LogP contribution in [0.3, 0.4) is 0 Å². The smallest absolute Gasteiger partial charge is 0.251 e. The zero-order valence-corrected chi connectivity index (χ0v) is 11.6. The second-order valence-corrected chi connectivity index (χ2v) is 4.83. The van der Waals surface area contributed by atoms with Gasteiger partial charge in [-0.05, 0) is 30.7 Å². The van der Waals surface area contributed by atoms with Gasteiger partial charge in [-0.15, -0.1) is 0 Å². The second kappa shape index (κ2) is 5.82. The van der Waals surface area contributed by atoms with E-state index in [-0.39, 0.29) is 11.9 Å². The molecule has 0 fully saturated rings. The first-order chi connectivity index (χ1) is 8.70. The van der Waals surface area contributed by atoms with Crippen molar-refractivity contribution in [3.63, 3.8) is 0 Å². The molecule has 0 spiro atoms. The highest BCUT2D eigenvalue weighted by molar-refractivity contribution is 9.10. The fourth-order valence-corrected chi connectivity index (χ4v) is 1.94. The molecule has 18 heavy (non-hydrogen) atoms. The van der Waals surface area contributed by atoms with Crippen molar-refractivity contribution < 1.29 is 4.79 Å². The van der Waals surface area contributed by atoms with E-state index < -0.39 is 0 Å². The number of benzene rings is 1. The van der Waals surface area contributed by atoms with Gasteiger partial charge in [-0.25, -0.2) is 4.98 Å². The van der Waals surface area contributed by atoms with E-state index in [1.165, 1.54) is 0 Å². The van der Waals surface area contributed by atoms with Crippen molar-refractivity contribution in [2.75, 3.05) is 0 Å². The fraction of sp³-hybridized carbons (Fsp3) is 0.231. The minimum Gasteiger partial charge on any atom is -0.347 e. The van der Waals surface area contributed by atoms with Gasteiger partial charge in [0.1, 0.15) is 5.82 Å². The minimum absolute atomic E-state index is 0.0869. The first-order valence-electron chi connectivity index (χ1n) is 5.76. The summed E-state index contributed by atoms with van der Waals surface area (Å²) in [5.41, 5.74) is 0.642. The van der Waals surface area contributed by atoms with Crippen LogP contribution in [0.5, 0.6) is 0 Å². The maximum Gasteiger partial charge on any atom is 0.251 e. The zero-order chi connectivity index (χ0) is 13.0. The molecule has 1 unspecified atom stereocenters. The lowest BCUT2D eigenvalue weighted by Crippen LogP contribution is -2.28. The predicted octanol–water partition coefficient (Wildman–Crippen LogP) is 3.05. The van der Waals surface area contributed by atoms with Crippen molar-refractivity contribution in [3.05, 3.63) is 52.5 Å². The van der Waals surface area contributed by atoms with Gasteiger partial charge in [-0.1, -0.05) is 22.9 Å². The number of hydrogen-bond donors (Lipinski definition) is 2. The third-order valence-electron chi connectivity index (χ3n) is 2.67. The van der Waals surface area contributed by atoms with Gasteiger partial charge in [0, 0.05) is 22.4 Å². The van der Waals surface area contributed by atoms with Gasteiger partial charge < -0.3 is 10.3 Å². The van der Waals surface area contributed by atoms with E-state index in [0.29, 0.717) is 5.56 Å². The molecule has 2 aromatic rings. The second-order valence-electron chi connectivity index (χ2n) is 3.92. The summed E-state index contributed by atoms with van der Waals surface area (Å²) >= 11 is 3.34. The molecular weight excluding hydrogens is 294 g/mol. The Balaban J connectivity index is 2.08. The number of halogens is 1. The lowest BCUT2D eigenvalue weighted by molar-refractivity contribution is 0.0934. The molecule has 1 aromatic heterocycles. The van der Waals surface area contributed by atoms with Crippen molar-refractivity contribution in [3.8, 4) is 0 Å². The van der Waals surface area contributed by atoms with E-state index >= 15 is 0 Å². The Morgan fingerprint density at radius 1 is 1.44 bits per heavy atom. The Bertz CT molecular complexity index is 508. The highest BCUT2D eigenvalue weighted by Gasteiger charge is 2.15. The summed E-state index contributed by atoms with van der Waals surface area (Å²) in [5, 5.41) is 2.96. The molecular formula is C13H14BrN3O. The molecule has 0 aliphatic carbocycles. The molecule has 94 valence electrons. The number of imidazole rings is 1. The summed E-state index contributed by atoms with van der Waals surface area (Å²) in [4.78, 5) is 19.2. The van der Waals surface area contributed by atoms with Crippen LogP contribution in [0.1, 0.15) is 35.6 Å². The lowest BCUT2D eigenvalue weighted by atomic mass is 10.1. The Morgan fingerprint density at radius 3 is 2.72 bits per heavy atom. The van der Waals surface area contributed by atoms with E-state index in [1.54, 1.807) is 24.5 Å². The van der Waals surface area contributed by atoms with Crippen LogP contribution in [-0.2, 0) is 0 Å². The third-order valence-corrected chi connectivity index (χ3v) is 3.20. The van der Waals surface area contributed by atoms with Crippen molar-refractivity contribution >= 4 is 21.8 Å². The minimum atomic E-state index is -0.0919.